The summed E-state index contributed by atoms with van der Waals surface area (Å²) in [6.07, 6.45) is 1.00. The molecule has 0 amide bonds. The first-order chi connectivity index (χ1) is 29.3. The second-order valence-electron chi connectivity index (χ2n) is 15.3. The zero-order valence-electron chi connectivity index (χ0n) is 32.6. The van der Waals surface area contributed by atoms with Gasteiger partial charge in [-0.2, -0.15) is 0 Å². The molecule has 0 N–H and O–H groups in total. The van der Waals surface area contributed by atoms with Crippen molar-refractivity contribution in [2.75, 3.05) is 21.2 Å². The number of rotatable bonds is 8. The van der Waals surface area contributed by atoms with Gasteiger partial charge in [-0.25, -0.2) is 0 Å². The van der Waals surface area contributed by atoms with Crippen molar-refractivity contribution in [1.82, 2.24) is 0 Å². The fraction of sp³-hybridized carbons (Fsp3) is 0.0357. The van der Waals surface area contributed by atoms with Gasteiger partial charge in [0.25, 0.3) is 0 Å². The smallest absolute Gasteiger partial charge is 0.0571 e. The normalized spacial score (nSPS) is 12.2. The lowest BCUT2D eigenvalue weighted by Crippen LogP contribution is -2.15. The predicted molar refractivity (Wildman–Crippen MR) is 251 cm³/mol. The highest BCUT2D eigenvalue weighted by atomic mass is 15.2. The van der Waals surface area contributed by atoms with Gasteiger partial charge in [-0.1, -0.05) is 146 Å². The first kappa shape index (κ1) is 34.6. The third-order valence-electron chi connectivity index (χ3n) is 11.8. The van der Waals surface area contributed by atoms with E-state index in [2.05, 4.69) is 239 Å². The fourth-order valence-corrected chi connectivity index (χ4v) is 9.18. The summed E-state index contributed by atoms with van der Waals surface area (Å²) in [5, 5.41) is 7.35. The lowest BCUT2D eigenvalue weighted by atomic mass is 9.89. The molecule has 0 spiro atoms. The minimum atomic E-state index is 0.911. The first-order valence-corrected chi connectivity index (χ1v) is 20.5. The van der Waals surface area contributed by atoms with E-state index < -0.39 is 0 Å². The Morgan fingerprint density at radius 3 is 1.49 bits per heavy atom. The summed E-state index contributed by atoms with van der Waals surface area (Å²) in [5.41, 5.74) is 13.0. The van der Waals surface area contributed by atoms with Gasteiger partial charge in [0.05, 0.1) is 5.69 Å². The van der Waals surface area contributed by atoms with Crippen molar-refractivity contribution in [2.24, 2.45) is 0 Å². The Kier molecular flexibility index (Phi) is 8.63. The monoisotopic (exact) mass is 755 g/mol. The third-order valence-corrected chi connectivity index (χ3v) is 11.8. The summed E-state index contributed by atoms with van der Waals surface area (Å²) in [5.74, 6) is 0. The highest BCUT2D eigenvalue weighted by Crippen LogP contribution is 2.50. The molecule has 0 fully saturated rings. The number of fused-ring (bicyclic) bond motifs is 4. The number of hydrogen-bond donors (Lipinski definition) is 0. The topological polar surface area (TPSA) is 9.72 Å². The van der Waals surface area contributed by atoms with Crippen molar-refractivity contribution in [1.29, 1.82) is 0 Å². The van der Waals surface area contributed by atoms with Gasteiger partial charge in [-0.15, -0.1) is 0 Å². The molecule has 1 aliphatic rings. The Labute approximate surface area is 345 Å². The standard InChI is InChI=1S/C56H41N3/c1-5-19-42(20-6-1)55-50-33-31-49(58(44-22-7-2-8-23-44)45-24-9-3-10-25-45)39-53(50)56(57-36-35-41-18-15-16-28-54(41)57)51-34-32-48(38-52(51)55)59(46-26-11-4-12-27-46)47-30-29-40-17-13-14-21-43(40)37-47/h1-34,37-39H,35-36H2. The maximum absolute atomic E-state index is 2.58. The van der Waals surface area contributed by atoms with Crippen LogP contribution in [-0.2, 0) is 6.42 Å². The number of benzene rings is 10. The molecule has 1 heterocycles. The van der Waals surface area contributed by atoms with E-state index in [4.69, 9.17) is 0 Å². The van der Waals surface area contributed by atoms with Gasteiger partial charge >= 0.3 is 0 Å². The van der Waals surface area contributed by atoms with Crippen molar-refractivity contribution in [2.45, 2.75) is 6.42 Å². The highest BCUT2D eigenvalue weighted by Gasteiger charge is 2.27. The zero-order valence-corrected chi connectivity index (χ0v) is 32.6. The van der Waals surface area contributed by atoms with Crippen LogP contribution in [-0.4, -0.2) is 6.54 Å². The van der Waals surface area contributed by atoms with E-state index in [-0.39, 0.29) is 0 Å². The minimum Gasteiger partial charge on any atom is -0.340 e. The quantitative estimate of drug-likeness (QED) is 0.143. The molecule has 0 radical (unpaired) electrons. The molecule has 0 atom stereocenters. The van der Waals surface area contributed by atoms with Gasteiger partial charge in [0.15, 0.2) is 0 Å². The minimum absolute atomic E-state index is 0.911. The lowest BCUT2D eigenvalue weighted by molar-refractivity contribution is 1.01. The van der Waals surface area contributed by atoms with Crippen LogP contribution in [0.15, 0.2) is 224 Å². The van der Waals surface area contributed by atoms with Crippen molar-refractivity contribution >= 4 is 77.8 Å². The van der Waals surface area contributed by atoms with E-state index in [1.165, 1.54) is 60.4 Å². The summed E-state index contributed by atoms with van der Waals surface area (Å²) in [6.45, 7) is 0.911. The van der Waals surface area contributed by atoms with Gasteiger partial charge in [-0.3, -0.25) is 0 Å². The molecule has 10 aromatic carbocycles. The molecule has 0 saturated heterocycles. The fourth-order valence-electron chi connectivity index (χ4n) is 9.18. The van der Waals surface area contributed by atoms with Crippen LogP contribution in [0.25, 0.3) is 43.4 Å². The molecule has 0 saturated carbocycles. The summed E-state index contributed by atoms with van der Waals surface area (Å²) in [6, 6.07) is 81.7. The van der Waals surface area contributed by atoms with Crippen LogP contribution in [0.4, 0.5) is 45.5 Å². The Bertz CT molecular complexity index is 3070. The molecule has 3 nitrogen and oxygen atoms in total. The van der Waals surface area contributed by atoms with Gasteiger partial charge in [0.2, 0.25) is 0 Å². The molecular weight excluding hydrogens is 715 g/mol. The van der Waals surface area contributed by atoms with Crippen LogP contribution in [0.5, 0.6) is 0 Å². The van der Waals surface area contributed by atoms with Crippen LogP contribution in [0.1, 0.15) is 5.56 Å². The maximum atomic E-state index is 2.58. The zero-order chi connectivity index (χ0) is 39.1. The Hall–Kier alpha value is -7.62. The SMILES string of the molecule is c1ccc(-c2c3cc(N(c4ccccc4)c4ccc5ccccc5c4)ccc3c(N3CCc4ccccc43)c3cc(N(c4ccccc4)c4ccccc4)ccc23)cc1. The molecule has 1 aliphatic heterocycles. The summed E-state index contributed by atoms with van der Waals surface area (Å²) >= 11 is 0. The van der Waals surface area contributed by atoms with Gasteiger partial charge in [0, 0.05) is 57.1 Å². The Morgan fingerprint density at radius 2 is 0.831 bits per heavy atom. The molecule has 0 aliphatic carbocycles. The number of hydrogen-bond acceptors (Lipinski definition) is 3. The second kappa shape index (κ2) is 14.7. The first-order valence-electron chi connectivity index (χ1n) is 20.5. The predicted octanol–water partition coefficient (Wildman–Crippen LogP) is 15.4. The Morgan fingerprint density at radius 1 is 0.339 bits per heavy atom. The lowest BCUT2D eigenvalue weighted by Gasteiger charge is -2.30. The third kappa shape index (κ3) is 6.16. The Balaban J connectivity index is 1.22. The highest BCUT2D eigenvalue weighted by molar-refractivity contribution is 6.23. The molecule has 0 unspecified atom stereocenters. The van der Waals surface area contributed by atoms with Crippen molar-refractivity contribution in [3.05, 3.63) is 230 Å². The molecule has 10 aromatic rings. The molecular formula is C56H41N3. The molecule has 0 aromatic heterocycles. The van der Waals surface area contributed by atoms with Crippen molar-refractivity contribution < 1.29 is 0 Å². The maximum Gasteiger partial charge on any atom is 0.0571 e. The molecule has 3 heteroatoms. The van der Waals surface area contributed by atoms with E-state index in [0.29, 0.717) is 0 Å². The van der Waals surface area contributed by atoms with Crippen LogP contribution < -0.4 is 14.7 Å². The number of para-hydroxylation sites is 4. The summed E-state index contributed by atoms with van der Waals surface area (Å²) in [4.78, 5) is 7.35. The largest absolute Gasteiger partial charge is 0.340 e. The van der Waals surface area contributed by atoms with Crippen LogP contribution >= 0.6 is 0 Å². The average Bonchev–Trinajstić information content (AvgIpc) is 3.73. The van der Waals surface area contributed by atoms with E-state index in [1.54, 1.807) is 0 Å². The number of anilines is 8. The van der Waals surface area contributed by atoms with E-state index in [9.17, 15) is 0 Å². The number of nitrogens with zero attached hydrogens (tertiary/aromatic N) is 3. The van der Waals surface area contributed by atoms with Gasteiger partial charge in [0.1, 0.15) is 0 Å². The molecule has 280 valence electrons. The van der Waals surface area contributed by atoms with Crippen LogP contribution in [0.3, 0.4) is 0 Å². The molecule has 11 rings (SSSR count). The van der Waals surface area contributed by atoms with Crippen molar-refractivity contribution in [3.8, 4) is 11.1 Å². The van der Waals surface area contributed by atoms with Crippen LogP contribution in [0, 0.1) is 0 Å². The van der Waals surface area contributed by atoms with Crippen molar-refractivity contribution in [3.63, 3.8) is 0 Å². The van der Waals surface area contributed by atoms with Gasteiger partial charge < -0.3 is 14.7 Å². The summed E-state index contributed by atoms with van der Waals surface area (Å²) in [7, 11) is 0. The average molecular weight is 756 g/mol. The van der Waals surface area contributed by atoms with Gasteiger partial charge in [-0.05, 0) is 124 Å². The second-order valence-corrected chi connectivity index (χ2v) is 15.3. The summed E-state index contributed by atoms with van der Waals surface area (Å²) < 4.78 is 0. The molecule has 0 bridgehead atoms. The van der Waals surface area contributed by atoms with E-state index >= 15 is 0 Å². The van der Waals surface area contributed by atoms with E-state index in [1.807, 2.05) is 0 Å². The van der Waals surface area contributed by atoms with E-state index in [0.717, 1.165) is 47.1 Å². The van der Waals surface area contributed by atoms with Crippen LogP contribution in [0.2, 0.25) is 0 Å². The molecule has 59 heavy (non-hydrogen) atoms.